The molecule has 1 aromatic rings. The molecule has 2 atom stereocenters. The van der Waals surface area contributed by atoms with E-state index in [1.807, 2.05) is 12.1 Å². The fraction of sp³-hybridized carbons (Fsp3) is 0.731. The first-order valence-corrected chi connectivity index (χ1v) is 14.0. The van der Waals surface area contributed by atoms with Crippen LogP contribution in [0.2, 0.25) is 0 Å². The summed E-state index contributed by atoms with van der Waals surface area (Å²) in [6, 6.07) is 4.02. The second-order valence-corrected chi connectivity index (χ2v) is 12.2. The molecule has 8 heteroatoms. The van der Waals surface area contributed by atoms with Crippen LogP contribution in [0, 0.1) is 23.7 Å². The third-order valence-electron chi connectivity index (χ3n) is 8.47. The average molecular weight is 488 g/mol. The summed E-state index contributed by atoms with van der Waals surface area (Å²) in [5, 5.41) is 24.1. The highest BCUT2D eigenvalue weighted by atomic mass is 32.2. The van der Waals surface area contributed by atoms with Gasteiger partial charge in [-0.1, -0.05) is 6.92 Å². The third-order valence-corrected chi connectivity index (χ3v) is 9.67. The fourth-order valence-electron chi connectivity index (χ4n) is 7.15. The Morgan fingerprint density at radius 1 is 1.18 bits per heavy atom. The van der Waals surface area contributed by atoms with E-state index in [1.165, 1.54) is 0 Å². The standard InChI is InChI=1S/C26H37N3O4S/c1-2-9-34-25-20(3-4-21(27-25)29-7-5-16(6-8-29)12-22(30)31)24(32)28-23-18-10-17-11-19(23)15-26(33,13-17)14-18/h3-4,16-19,23,33H,2,5-15H2,1H3,(H,28,32)(H,30,31)/t17?,18?,19?,23-,26+. The van der Waals surface area contributed by atoms with E-state index >= 15 is 0 Å². The summed E-state index contributed by atoms with van der Waals surface area (Å²) >= 11 is 1.64. The highest BCUT2D eigenvalue weighted by Crippen LogP contribution is 2.55. The Bertz CT molecular complexity index is 917. The van der Waals surface area contributed by atoms with Gasteiger partial charge in [0, 0.05) is 25.6 Å². The van der Waals surface area contributed by atoms with Crippen molar-refractivity contribution in [3.05, 3.63) is 17.7 Å². The maximum atomic E-state index is 13.4. The summed E-state index contributed by atoms with van der Waals surface area (Å²) in [7, 11) is 0. The molecule has 7 nitrogen and oxygen atoms in total. The first-order chi connectivity index (χ1) is 16.3. The minimum Gasteiger partial charge on any atom is -0.481 e. The van der Waals surface area contributed by atoms with Gasteiger partial charge in [0.15, 0.2) is 0 Å². The van der Waals surface area contributed by atoms with Crippen LogP contribution in [0.15, 0.2) is 17.2 Å². The number of aliphatic hydroxyl groups is 1. The van der Waals surface area contributed by atoms with Crippen LogP contribution >= 0.6 is 11.8 Å². The average Bonchev–Trinajstić information content (AvgIpc) is 2.79. The Kier molecular flexibility index (Phi) is 6.81. The lowest BCUT2D eigenvalue weighted by molar-refractivity contribution is -0.138. The van der Waals surface area contributed by atoms with E-state index in [1.54, 1.807) is 11.8 Å². The summed E-state index contributed by atoms with van der Waals surface area (Å²) in [4.78, 5) is 31.6. The van der Waals surface area contributed by atoms with Crippen molar-refractivity contribution in [3.63, 3.8) is 0 Å². The molecule has 1 saturated heterocycles. The van der Waals surface area contributed by atoms with Crippen molar-refractivity contribution in [2.24, 2.45) is 23.7 Å². The number of aromatic nitrogens is 1. The Labute approximate surface area is 206 Å². The highest BCUT2D eigenvalue weighted by molar-refractivity contribution is 7.99. The number of aliphatic carboxylic acids is 1. The molecule has 186 valence electrons. The van der Waals surface area contributed by atoms with Crippen molar-refractivity contribution in [1.82, 2.24) is 10.3 Å². The van der Waals surface area contributed by atoms with Crippen LogP contribution < -0.4 is 10.2 Å². The van der Waals surface area contributed by atoms with Gasteiger partial charge in [-0.3, -0.25) is 9.59 Å². The molecule has 1 aliphatic heterocycles. The minimum atomic E-state index is -0.724. The number of carboxylic acid groups (broad SMARTS) is 1. The maximum absolute atomic E-state index is 13.4. The molecule has 1 amide bonds. The quantitative estimate of drug-likeness (QED) is 0.477. The summed E-state index contributed by atoms with van der Waals surface area (Å²) < 4.78 is 0. The zero-order valence-electron chi connectivity index (χ0n) is 20.0. The van der Waals surface area contributed by atoms with Gasteiger partial charge in [0.25, 0.3) is 5.91 Å². The van der Waals surface area contributed by atoms with Crippen molar-refractivity contribution >= 4 is 29.5 Å². The number of hydrogen-bond acceptors (Lipinski definition) is 6. The summed E-state index contributed by atoms with van der Waals surface area (Å²) in [5.41, 5.74) is 0.150. The number of thioether (sulfide) groups is 1. The van der Waals surface area contributed by atoms with Crippen molar-refractivity contribution in [3.8, 4) is 0 Å². The first-order valence-electron chi connectivity index (χ1n) is 13.0. The molecular formula is C26H37N3O4S. The number of piperidine rings is 1. The SMILES string of the molecule is CCCSc1nc(N2CCC(CC(=O)O)CC2)ccc1C(=O)N[C@H]1C2CC3CC1C[C@@](O)(C3)C2. The number of hydrogen-bond donors (Lipinski definition) is 3. The van der Waals surface area contributed by atoms with Crippen LogP contribution in [0.1, 0.15) is 75.1 Å². The van der Waals surface area contributed by atoms with E-state index in [0.717, 1.165) is 81.1 Å². The van der Waals surface area contributed by atoms with Crippen LogP contribution in [-0.4, -0.2) is 57.6 Å². The molecule has 6 rings (SSSR count). The number of carbonyl (C=O) groups excluding carboxylic acids is 1. The number of carbonyl (C=O) groups is 2. The Morgan fingerprint density at radius 3 is 2.50 bits per heavy atom. The van der Waals surface area contributed by atoms with E-state index in [-0.39, 0.29) is 24.3 Å². The monoisotopic (exact) mass is 487 g/mol. The third kappa shape index (κ3) is 4.94. The molecular weight excluding hydrogens is 450 g/mol. The topological polar surface area (TPSA) is 103 Å². The largest absolute Gasteiger partial charge is 0.481 e. The number of carboxylic acids is 1. The molecule has 2 heterocycles. The zero-order chi connectivity index (χ0) is 23.9. The van der Waals surface area contributed by atoms with Crippen molar-refractivity contribution in [1.29, 1.82) is 0 Å². The van der Waals surface area contributed by atoms with Gasteiger partial charge in [0.2, 0.25) is 0 Å². The fourth-order valence-corrected chi connectivity index (χ4v) is 8.02. The van der Waals surface area contributed by atoms with Gasteiger partial charge in [0.05, 0.1) is 11.2 Å². The zero-order valence-corrected chi connectivity index (χ0v) is 20.9. The Balaban J connectivity index is 1.28. The number of anilines is 1. The Hall–Kier alpha value is -1.80. The number of nitrogens with one attached hydrogen (secondary N) is 1. The summed E-state index contributed by atoms with van der Waals surface area (Å²) in [6.07, 6.45) is 7.76. The van der Waals surface area contributed by atoms with E-state index < -0.39 is 11.6 Å². The molecule has 0 radical (unpaired) electrons. The lowest BCUT2D eigenvalue weighted by atomic mass is 9.52. The summed E-state index contributed by atoms with van der Waals surface area (Å²) in [5.74, 6) is 2.62. The minimum absolute atomic E-state index is 0.0396. The number of rotatable bonds is 8. The maximum Gasteiger partial charge on any atom is 0.303 e. The normalized spacial score (nSPS) is 32.7. The van der Waals surface area contributed by atoms with E-state index in [4.69, 9.17) is 10.1 Å². The van der Waals surface area contributed by atoms with E-state index in [9.17, 15) is 14.7 Å². The van der Waals surface area contributed by atoms with Gasteiger partial charge in [-0.05, 0) is 92.9 Å². The second kappa shape index (κ2) is 9.69. The molecule has 4 saturated carbocycles. The van der Waals surface area contributed by atoms with Crippen LogP contribution in [-0.2, 0) is 4.79 Å². The molecule has 2 unspecified atom stereocenters. The molecule has 5 aliphatic rings. The highest BCUT2D eigenvalue weighted by Gasteiger charge is 2.55. The predicted octanol–water partition coefficient (Wildman–Crippen LogP) is 3.94. The van der Waals surface area contributed by atoms with Gasteiger partial charge in [0.1, 0.15) is 10.8 Å². The molecule has 0 spiro atoms. The summed E-state index contributed by atoms with van der Waals surface area (Å²) in [6.45, 7) is 3.72. The molecule has 5 fully saturated rings. The molecule has 4 aliphatic carbocycles. The first kappa shape index (κ1) is 23.9. The molecule has 0 aromatic carbocycles. The Morgan fingerprint density at radius 2 is 1.88 bits per heavy atom. The van der Waals surface area contributed by atoms with Crippen LogP contribution in [0.25, 0.3) is 0 Å². The van der Waals surface area contributed by atoms with Crippen molar-refractivity contribution in [2.45, 2.75) is 81.4 Å². The predicted molar refractivity (Wildman–Crippen MR) is 132 cm³/mol. The smallest absolute Gasteiger partial charge is 0.303 e. The van der Waals surface area contributed by atoms with Crippen LogP contribution in [0.5, 0.6) is 0 Å². The molecule has 34 heavy (non-hydrogen) atoms. The van der Waals surface area contributed by atoms with Gasteiger partial charge >= 0.3 is 5.97 Å². The van der Waals surface area contributed by atoms with E-state index in [0.29, 0.717) is 23.3 Å². The van der Waals surface area contributed by atoms with Gasteiger partial charge in [-0.2, -0.15) is 0 Å². The van der Waals surface area contributed by atoms with Crippen LogP contribution in [0.4, 0.5) is 5.82 Å². The van der Waals surface area contributed by atoms with Crippen molar-refractivity contribution < 1.29 is 19.8 Å². The number of amides is 1. The van der Waals surface area contributed by atoms with Gasteiger partial charge in [-0.15, -0.1) is 11.8 Å². The van der Waals surface area contributed by atoms with E-state index in [2.05, 4.69) is 17.1 Å². The van der Waals surface area contributed by atoms with Gasteiger partial charge < -0.3 is 20.4 Å². The molecule has 1 aromatic heterocycles. The lowest BCUT2D eigenvalue weighted by Gasteiger charge is -2.58. The molecule has 4 bridgehead atoms. The van der Waals surface area contributed by atoms with Crippen molar-refractivity contribution in [2.75, 3.05) is 23.7 Å². The second-order valence-electron chi connectivity index (χ2n) is 11.1. The van der Waals surface area contributed by atoms with Crippen LogP contribution in [0.3, 0.4) is 0 Å². The number of pyridine rings is 1. The molecule has 3 N–H and O–H groups in total. The number of nitrogens with zero attached hydrogens (tertiary/aromatic N) is 2. The lowest BCUT2D eigenvalue weighted by Crippen LogP contribution is -2.61. The van der Waals surface area contributed by atoms with Gasteiger partial charge in [-0.25, -0.2) is 4.98 Å².